The number of hydrogen-bond donors (Lipinski definition) is 2. The Kier molecular flexibility index (Phi) is 5.88. The van der Waals surface area contributed by atoms with Gasteiger partial charge in [0.1, 0.15) is 0 Å². The quantitative estimate of drug-likeness (QED) is 0.791. The van der Waals surface area contributed by atoms with Gasteiger partial charge in [-0.15, -0.1) is 0 Å². The number of aliphatic carboxylic acids is 1. The molecule has 0 aromatic carbocycles. The summed E-state index contributed by atoms with van der Waals surface area (Å²) in [6.07, 6.45) is 8.92. The maximum Gasteiger partial charge on any atom is 0.317 e. The smallest absolute Gasteiger partial charge is 0.317 e. The standard InChI is InChI=1S/C16H28N2O3/c1-12(6-4-10-15(19)20)17-16(21)18-11-5-9-14(18)13-7-2-3-8-13/h12-14H,2-11H2,1H3,(H,17,21)(H,19,20). The number of nitrogens with one attached hydrogen (secondary N) is 1. The number of carboxylic acids is 1. The topological polar surface area (TPSA) is 69.6 Å². The van der Waals surface area contributed by atoms with Gasteiger partial charge in [0.25, 0.3) is 0 Å². The summed E-state index contributed by atoms with van der Waals surface area (Å²) in [6.45, 7) is 2.83. The van der Waals surface area contributed by atoms with Crippen LogP contribution >= 0.6 is 0 Å². The van der Waals surface area contributed by atoms with Gasteiger partial charge in [0.15, 0.2) is 0 Å². The molecule has 2 fully saturated rings. The van der Waals surface area contributed by atoms with E-state index >= 15 is 0 Å². The van der Waals surface area contributed by atoms with Crippen LogP contribution in [0, 0.1) is 5.92 Å². The summed E-state index contributed by atoms with van der Waals surface area (Å²) >= 11 is 0. The van der Waals surface area contributed by atoms with Gasteiger partial charge in [0, 0.05) is 25.0 Å². The average Bonchev–Trinajstić information content (AvgIpc) is 3.09. The number of urea groups is 1. The van der Waals surface area contributed by atoms with Crippen LogP contribution in [0.15, 0.2) is 0 Å². The molecule has 2 aliphatic rings. The molecule has 1 aliphatic carbocycles. The molecule has 0 radical (unpaired) electrons. The second-order valence-corrected chi connectivity index (χ2v) is 6.58. The highest BCUT2D eigenvalue weighted by molar-refractivity contribution is 5.75. The Balaban J connectivity index is 1.77. The van der Waals surface area contributed by atoms with Gasteiger partial charge in [0.2, 0.25) is 0 Å². The van der Waals surface area contributed by atoms with Gasteiger partial charge >= 0.3 is 12.0 Å². The average molecular weight is 296 g/mol. The van der Waals surface area contributed by atoms with Crippen molar-refractivity contribution >= 4 is 12.0 Å². The van der Waals surface area contributed by atoms with Crippen molar-refractivity contribution in [3.63, 3.8) is 0 Å². The highest BCUT2D eigenvalue weighted by atomic mass is 16.4. The van der Waals surface area contributed by atoms with Crippen molar-refractivity contribution < 1.29 is 14.7 Å². The molecule has 5 nitrogen and oxygen atoms in total. The van der Waals surface area contributed by atoms with Crippen LogP contribution in [0.25, 0.3) is 0 Å². The number of carboxylic acid groups (broad SMARTS) is 1. The number of hydrogen-bond acceptors (Lipinski definition) is 2. The van der Waals surface area contributed by atoms with Crippen LogP contribution in [-0.4, -0.2) is 40.6 Å². The summed E-state index contributed by atoms with van der Waals surface area (Å²) in [6, 6.07) is 0.521. The summed E-state index contributed by atoms with van der Waals surface area (Å²) in [5.41, 5.74) is 0. The predicted molar refractivity (Wildman–Crippen MR) is 81.2 cm³/mol. The molecule has 2 amide bonds. The Morgan fingerprint density at radius 2 is 1.95 bits per heavy atom. The summed E-state index contributed by atoms with van der Waals surface area (Å²) in [7, 11) is 0. The minimum absolute atomic E-state index is 0.0432. The van der Waals surface area contributed by atoms with Crippen LogP contribution in [0.3, 0.4) is 0 Å². The molecule has 21 heavy (non-hydrogen) atoms. The van der Waals surface area contributed by atoms with Gasteiger partial charge in [0.05, 0.1) is 0 Å². The van der Waals surface area contributed by atoms with E-state index in [0.717, 1.165) is 25.8 Å². The number of rotatable bonds is 6. The molecule has 0 spiro atoms. The molecule has 1 saturated carbocycles. The first-order valence-corrected chi connectivity index (χ1v) is 8.37. The molecule has 0 bridgehead atoms. The largest absolute Gasteiger partial charge is 0.481 e. The molecular formula is C16H28N2O3. The third-order valence-electron chi connectivity index (χ3n) is 4.90. The van der Waals surface area contributed by atoms with E-state index in [0.29, 0.717) is 18.4 Å². The molecule has 1 aliphatic heterocycles. The maximum atomic E-state index is 12.4. The fourth-order valence-corrected chi connectivity index (χ4v) is 3.80. The van der Waals surface area contributed by atoms with E-state index in [9.17, 15) is 9.59 Å². The van der Waals surface area contributed by atoms with Crippen LogP contribution in [0.4, 0.5) is 4.79 Å². The minimum Gasteiger partial charge on any atom is -0.481 e. The molecular weight excluding hydrogens is 268 g/mol. The molecule has 1 heterocycles. The predicted octanol–water partition coefficient (Wildman–Crippen LogP) is 2.99. The molecule has 0 aromatic rings. The molecule has 0 aromatic heterocycles. The van der Waals surface area contributed by atoms with Crippen LogP contribution in [-0.2, 0) is 4.79 Å². The minimum atomic E-state index is -0.769. The Morgan fingerprint density at radius 3 is 2.62 bits per heavy atom. The second kappa shape index (κ2) is 7.66. The fraction of sp³-hybridized carbons (Fsp3) is 0.875. The van der Waals surface area contributed by atoms with E-state index in [1.165, 1.54) is 25.7 Å². The van der Waals surface area contributed by atoms with Crippen molar-refractivity contribution in [2.75, 3.05) is 6.54 Å². The summed E-state index contributed by atoms with van der Waals surface area (Å²) in [5, 5.41) is 11.7. The van der Waals surface area contributed by atoms with E-state index in [2.05, 4.69) is 5.32 Å². The first kappa shape index (κ1) is 16.1. The highest BCUT2D eigenvalue weighted by Crippen LogP contribution is 2.35. The lowest BCUT2D eigenvalue weighted by Crippen LogP contribution is -2.47. The number of likely N-dealkylation sites (tertiary alicyclic amines) is 1. The Hall–Kier alpha value is -1.26. The number of carbonyl (C=O) groups excluding carboxylic acids is 1. The molecule has 2 rings (SSSR count). The summed E-state index contributed by atoms with van der Waals surface area (Å²) in [5.74, 6) is -0.0741. The molecule has 120 valence electrons. The lowest BCUT2D eigenvalue weighted by Gasteiger charge is -2.30. The maximum absolute atomic E-state index is 12.4. The Bertz CT molecular complexity index is 367. The van der Waals surface area contributed by atoms with Crippen LogP contribution in [0.1, 0.15) is 64.7 Å². The van der Waals surface area contributed by atoms with Crippen molar-refractivity contribution in [1.82, 2.24) is 10.2 Å². The Morgan fingerprint density at radius 1 is 1.24 bits per heavy atom. The highest BCUT2D eigenvalue weighted by Gasteiger charge is 2.36. The normalized spacial score (nSPS) is 24.2. The first-order valence-electron chi connectivity index (χ1n) is 8.37. The fourth-order valence-electron chi connectivity index (χ4n) is 3.80. The van der Waals surface area contributed by atoms with Crippen molar-refractivity contribution in [1.29, 1.82) is 0 Å². The molecule has 2 atom stereocenters. The van der Waals surface area contributed by atoms with E-state index < -0.39 is 5.97 Å². The van der Waals surface area contributed by atoms with Gasteiger partial charge in [-0.25, -0.2) is 4.79 Å². The van der Waals surface area contributed by atoms with Gasteiger partial charge < -0.3 is 15.3 Å². The van der Waals surface area contributed by atoms with Gasteiger partial charge in [-0.1, -0.05) is 12.8 Å². The van der Waals surface area contributed by atoms with Crippen molar-refractivity contribution in [3.05, 3.63) is 0 Å². The third kappa shape index (κ3) is 4.61. The van der Waals surface area contributed by atoms with Gasteiger partial charge in [-0.2, -0.15) is 0 Å². The second-order valence-electron chi connectivity index (χ2n) is 6.58. The zero-order chi connectivity index (χ0) is 15.2. The summed E-state index contributed by atoms with van der Waals surface area (Å²) < 4.78 is 0. The lowest BCUT2D eigenvalue weighted by atomic mass is 9.96. The van der Waals surface area contributed by atoms with Crippen LogP contribution in [0.2, 0.25) is 0 Å². The van der Waals surface area contributed by atoms with Crippen molar-refractivity contribution in [2.24, 2.45) is 5.92 Å². The van der Waals surface area contributed by atoms with Gasteiger partial charge in [-0.05, 0) is 51.4 Å². The number of carbonyl (C=O) groups is 2. The monoisotopic (exact) mass is 296 g/mol. The molecule has 5 heteroatoms. The van der Waals surface area contributed by atoms with Crippen LogP contribution < -0.4 is 5.32 Å². The van der Waals surface area contributed by atoms with E-state index in [4.69, 9.17) is 5.11 Å². The molecule has 2 unspecified atom stereocenters. The Labute approximate surface area is 127 Å². The SMILES string of the molecule is CC(CCCC(=O)O)NC(=O)N1CCCC1C1CCCC1. The molecule has 1 saturated heterocycles. The number of nitrogens with zero attached hydrogens (tertiary/aromatic N) is 1. The first-order chi connectivity index (χ1) is 10.1. The number of amides is 2. The van der Waals surface area contributed by atoms with Gasteiger partial charge in [-0.3, -0.25) is 4.79 Å². The zero-order valence-corrected chi connectivity index (χ0v) is 13.0. The van der Waals surface area contributed by atoms with Crippen molar-refractivity contribution in [2.45, 2.75) is 76.8 Å². The third-order valence-corrected chi connectivity index (χ3v) is 4.90. The van der Waals surface area contributed by atoms with Crippen molar-refractivity contribution in [3.8, 4) is 0 Å². The van der Waals surface area contributed by atoms with E-state index in [-0.39, 0.29) is 18.5 Å². The molecule has 2 N–H and O–H groups in total. The lowest BCUT2D eigenvalue weighted by molar-refractivity contribution is -0.137. The van der Waals surface area contributed by atoms with E-state index in [1.807, 2.05) is 11.8 Å². The van der Waals surface area contributed by atoms with Crippen LogP contribution in [0.5, 0.6) is 0 Å². The van der Waals surface area contributed by atoms with E-state index in [1.54, 1.807) is 0 Å². The zero-order valence-electron chi connectivity index (χ0n) is 13.0. The summed E-state index contributed by atoms with van der Waals surface area (Å²) in [4.78, 5) is 25.0.